The molecular weight excluding hydrogens is 476 g/mol. The number of allylic oxidation sites excluding steroid dienone is 1. The van der Waals surface area contributed by atoms with Crippen molar-refractivity contribution in [2.45, 2.75) is 65.3 Å². The second-order valence-electron chi connectivity index (χ2n) is 12.0. The van der Waals surface area contributed by atoms with E-state index in [1.807, 2.05) is 6.08 Å². The van der Waals surface area contributed by atoms with E-state index in [1.165, 1.54) is 10.4 Å². The molecule has 1 heterocycles. The van der Waals surface area contributed by atoms with Crippen molar-refractivity contribution in [2.24, 2.45) is 23.7 Å². The van der Waals surface area contributed by atoms with Gasteiger partial charge in [0.2, 0.25) is 0 Å². The fraction of sp³-hybridized carbons (Fsp3) is 0.500. The molecule has 0 unspecified atom stereocenters. The Labute approximate surface area is 223 Å². The van der Waals surface area contributed by atoms with E-state index in [2.05, 4.69) is 95.3 Å². The molecular formula is C32H42O4Si. The van der Waals surface area contributed by atoms with Gasteiger partial charge < -0.3 is 9.16 Å². The summed E-state index contributed by atoms with van der Waals surface area (Å²) in [5.41, 5.74) is 0.723. The van der Waals surface area contributed by atoms with Gasteiger partial charge in [0.15, 0.2) is 0 Å². The van der Waals surface area contributed by atoms with Crippen LogP contribution in [0, 0.1) is 23.7 Å². The predicted molar refractivity (Wildman–Crippen MR) is 151 cm³/mol. The van der Waals surface area contributed by atoms with Gasteiger partial charge in [-0.05, 0) is 46.5 Å². The van der Waals surface area contributed by atoms with Crippen LogP contribution in [0.15, 0.2) is 72.3 Å². The molecule has 0 radical (unpaired) electrons. The smallest absolute Gasteiger partial charge is 0.334 e. The number of fused-ring (bicyclic) bond motifs is 1. The normalized spacial score (nSPS) is 24.9. The average Bonchev–Trinajstić information content (AvgIpc) is 3.21. The van der Waals surface area contributed by atoms with Crippen LogP contribution in [0.1, 0.15) is 60.3 Å². The van der Waals surface area contributed by atoms with Gasteiger partial charge in [-0.15, -0.1) is 0 Å². The highest BCUT2D eigenvalue weighted by atomic mass is 28.4. The average molecular weight is 519 g/mol. The first-order chi connectivity index (χ1) is 17.6. The number of Topliss-reactive ketones (excluding diaryl/α,β-unsaturated/α-hetero) is 1. The Bertz CT molecular complexity index is 1060. The van der Waals surface area contributed by atoms with Crippen LogP contribution in [0.5, 0.6) is 0 Å². The number of hydrogen-bond acceptors (Lipinski definition) is 4. The van der Waals surface area contributed by atoms with Gasteiger partial charge in [0.25, 0.3) is 8.32 Å². The van der Waals surface area contributed by atoms with Crippen LogP contribution in [0.2, 0.25) is 5.04 Å². The summed E-state index contributed by atoms with van der Waals surface area (Å²) >= 11 is 0. The molecule has 0 spiro atoms. The zero-order valence-corrected chi connectivity index (χ0v) is 24.0. The molecule has 5 heteroatoms. The van der Waals surface area contributed by atoms with Gasteiger partial charge in [0.05, 0.1) is 6.61 Å². The molecule has 0 bridgehead atoms. The van der Waals surface area contributed by atoms with Gasteiger partial charge in [-0.1, -0.05) is 101 Å². The molecule has 4 atom stereocenters. The summed E-state index contributed by atoms with van der Waals surface area (Å²) in [6.07, 6.45) is 5.11. The Morgan fingerprint density at radius 1 is 1.00 bits per heavy atom. The molecule has 0 aromatic heterocycles. The Morgan fingerprint density at radius 3 is 2.16 bits per heavy atom. The maximum Gasteiger partial charge on any atom is 0.334 e. The Balaban J connectivity index is 1.52. The van der Waals surface area contributed by atoms with E-state index in [9.17, 15) is 9.59 Å². The van der Waals surface area contributed by atoms with Crippen molar-refractivity contribution in [1.29, 1.82) is 0 Å². The number of ether oxygens (including phenoxy) is 1. The molecule has 0 saturated carbocycles. The van der Waals surface area contributed by atoms with E-state index in [0.29, 0.717) is 19.6 Å². The van der Waals surface area contributed by atoms with Crippen molar-refractivity contribution in [1.82, 2.24) is 0 Å². The molecule has 4 rings (SSSR count). The third-order valence-corrected chi connectivity index (χ3v) is 13.3. The molecule has 2 aromatic rings. The molecule has 1 fully saturated rings. The van der Waals surface area contributed by atoms with Gasteiger partial charge in [0, 0.05) is 30.4 Å². The summed E-state index contributed by atoms with van der Waals surface area (Å²) in [6, 6.07) is 21.4. The number of carbonyl (C=O) groups excluding carboxylic acids is 2. The molecule has 2 aliphatic rings. The Hall–Kier alpha value is -2.50. The quantitative estimate of drug-likeness (QED) is 0.256. The fourth-order valence-corrected chi connectivity index (χ4v) is 11.0. The number of rotatable bonds is 8. The highest BCUT2D eigenvalue weighted by Gasteiger charge is 2.50. The summed E-state index contributed by atoms with van der Waals surface area (Å²) in [4.78, 5) is 25.7. The standard InChI is InChI=1S/C32H42O4Si/c1-23-18-19-27-28(22-35-31(27)34)30(29(33)21-23)24(2)13-12-20-36-37(32(3,4)5,25-14-8-6-9-15-25)26-16-10-7-11-17-26/h6-11,14-17,19,23-24,28,30H,12-13,18,20-22H2,1-5H3/b27-19+/t23-,24+,28-,30-/m0/s1. The summed E-state index contributed by atoms with van der Waals surface area (Å²) in [7, 11) is -2.57. The molecule has 2 aromatic carbocycles. The summed E-state index contributed by atoms with van der Waals surface area (Å²) in [5.74, 6) is 0.167. The topological polar surface area (TPSA) is 52.6 Å². The van der Waals surface area contributed by atoms with Gasteiger partial charge >= 0.3 is 5.97 Å². The monoisotopic (exact) mass is 518 g/mol. The van der Waals surface area contributed by atoms with Crippen molar-refractivity contribution < 1.29 is 18.8 Å². The van der Waals surface area contributed by atoms with Crippen LogP contribution in [0.4, 0.5) is 0 Å². The number of carbonyl (C=O) groups is 2. The molecule has 0 N–H and O–H groups in total. The lowest BCUT2D eigenvalue weighted by Gasteiger charge is -2.43. The molecule has 1 aliphatic heterocycles. The second-order valence-corrected chi connectivity index (χ2v) is 16.3. The molecule has 4 nitrogen and oxygen atoms in total. The van der Waals surface area contributed by atoms with Crippen LogP contribution in [-0.2, 0) is 18.8 Å². The number of esters is 1. The molecule has 198 valence electrons. The highest BCUT2D eigenvalue weighted by molar-refractivity contribution is 6.99. The van der Waals surface area contributed by atoms with E-state index in [1.54, 1.807) is 0 Å². The summed E-state index contributed by atoms with van der Waals surface area (Å²) < 4.78 is 12.5. The largest absolute Gasteiger partial charge is 0.462 e. The van der Waals surface area contributed by atoms with Crippen LogP contribution in [0.3, 0.4) is 0 Å². The maximum atomic E-state index is 13.3. The lowest BCUT2D eigenvalue weighted by atomic mass is 9.72. The van der Waals surface area contributed by atoms with E-state index in [0.717, 1.165) is 24.8 Å². The molecule has 0 amide bonds. The Morgan fingerprint density at radius 2 is 1.59 bits per heavy atom. The first-order valence-corrected chi connectivity index (χ1v) is 15.7. The molecule has 37 heavy (non-hydrogen) atoms. The van der Waals surface area contributed by atoms with Crippen LogP contribution >= 0.6 is 0 Å². The SMILES string of the molecule is C[C@H]1C/C=C2/C(=O)OC[C@@H]2[C@H]([C@H](C)CCCO[Si](c2ccccc2)(c2ccccc2)C(C)(C)C)C(=O)C1. The van der Waals surface area contributed by atoms with E-state index in [-0.39, 0.29) is 40.5 Å². The van der Waals surface area contributed by atoms with Gasteiger partial charge in [-0.2, -0.15) is 0 Å². The second kappa shape index (κ2) is 11.5. The molecule has 1 saturated heterocycles. The van der Waals surface area contributed by atoms with Crippen LogP contribution in [-0.4, -0.2) is 33.3 Å². The van der Waals surface area contributed by atoms with Gasteiger partial charge in [-0.25, -0.2) is 4.79 Å². The van der Waals surface area contributed by atoms with Gasteiger partial charge in [0.1, 0.15) is 5.78 Å². The van der Waals surface area contributed by atoms with E-state index < -0.39 is 8.32 Å². The minimum Gasteiger partial charge on any atom is -0.462 e. The van der Waals surface area contributed by atoms with E-state index >= 15 is 0 Å². The highest BCUT2D eigenvalue weighted by Crippen LogP contribution is 2.40. The van der Waals surface area contributed by atoms with Gasteiger partial charge in [-0.3, -0.25) is 4.79 Å². The number of cyclic esters (lactones) is 1. The maximum absolute atomic E-state index is 13.3. The summed E-state index contributed by atoms with van der Waals surface area (Å²) in [6.45, 7) is 12.1. The van der Waals surface area contributed by atoms with Crippen molar-refractivity contribution in [3.8, 4) is 0 Å². The lowest BCUT2D eigenvalue weighted by molar-refractivity contribution is -0.135. The third kappa shape index (κ3) is 5.68. The molecule has 1 aliphatic carbocycles. The Kier molecular flexibility index (Phi) is 8.55. The first-order valence-electron chi connectivity index (χ1n) is 13.8. The number of ketones is 1. The van der Waals surface area contributed by atoms with Crippen molar-refractivity contribution in [3.63, 3.8) is 0 Å². The van der Waals surface area contributed by atoms with Crippen LogP contribution in [0.25, 0.3) is 0 Å². The minimum atomic E-state index is -2.57. The van der Waals surface area contributed by atoms with E-state index in [4.69, 9.17) is 9.16 Å². The van der Waals surface area contributed by atoms with Crippen molar-refractivity contribution >= 4 is 30.4 Å². The zero-order valence-electron chi connectivity index (χ0n) is 23.0. The third-order valence-electron chi connectivity index (χ3n) is 8.28. The van der Waals surface area contributed by atoms with Crippen molar-refractivity contribution in [3.05, 3.63) is 72.3 Å². The minimum absolute atomic E-state index is 0.0613. The van der Waals surface area contributed by atoms with Crippen molar-refractivity contribution in [2.75, 3.05) is 13.2 Å². The summed E-state index contributed by atoms with van der Waals surface area (Å²) in [5, 5.41) is 2.50. The van der Waals surface area contributed by atoms with Crippen LogP contribution < -0.4 is 10.4 Å². The fourth-order valence-electron chi connectivity index (χ4n) is 6.42. The number of benzene rings is 2. The number of hydrogen-bond donors (Lipinski definition) is 0. The zero-order chi connectivity index (χ0) is 26.6. The first kappa shape index (κ1) is 27.5. The lowest BCUT2D eigenvalue weighted by Crippen LogP contribution is -2.66. The predicted octanol–water partition coefficient (Wildman–Crippen LogP) is 5.69.